The number of rotatable bonds is 4. The van der Waals surface area contributed by atoms with Crippen LogP contribution in [0.4, 0.5) is 4.39 Å². The molecule has 112 valence electrons. The molecule has 0 aliphatic carbocycles. The van der Waals surface area contributed by atoms with Crippen LogP contribution in [0.2, 0.25) is 0 Å². The van der Waals surface area contributed by atoms with E-state index in [9.17, 15) is 4.39 Å². The Hall–Kier alpha value is -3.05. The normalized spacial score (nSPS) is 10.1. The van der Waals surface area contributed by atoms with Crippen molar-refractivity contribution in [2.75, 3.05) is 0 Å². The average Bonchev–Trinajstić information content (AvgIpc) is 2.61. The third kappa shape index (κ3) is 3.59. The summed E-state index contributed by atoms with van der Waals surface area (Å²) in [5.74, 6) is 2.99. The van der Waals surface area contributed by atoms with Crippen LogP contribution in [0.25, 0.3) is 11.1 Å². The van der Waals surface area contributed by atoms with Gasteiger partial charge in [-0.2, -0.15) is 0 Å². The molecule has 2 heteroatoms. The molecule has 1 nitrogen and oxygen atoms in total. The summed E-state index contributed by atoms with van der Waals surface area (Å²) in [6.07, 6.45) is 5.48. The lowest BCUT2D eigenvalue weighted by molar-refractivity contribution is 0.307. The van der Waals surface area contributed by atoms with Crippen LogP contribution < -0.4 is 4.74 Å². The molecule has 0 radical (unpaired) electrons. The molecule has 0 bridgehead atoms. The summed E-state index contributed by atoms with van der Waals surface area (Å²) in [6.45, 7) is 0.443. The molecule has 0 fully saturated rings. The highest BCUT2D eigenvalue weighted by Crippen LogP contribution is 2.32. The first-order chi connectivity index (χ1) is 11.3. The lowest BCUT2D eigenvalue weighted by atomic mass is 10.0. The Morgan fingerprint density at radius 3 is 2.48 bits per heavy atom. The van der Waals surface area contributed by atoms with Crippen LogP contribution in [0, 0.1) is 18.2 Å². The van der Waals surface area contributed by atoms with Crippen LogP contribution in [0.5, 0.6) is 5.75 Å². The molecule has 0 aliphatic rings. The van der Waals surface area contributed by atoms with Crippen molar-refractivity contribution in [3.8, 4) is 29.2 Å². The van der Waals surface area contributed by atoms with Gasteiger partial charge in [0.05, 0.1) is 0 Å². The second-order valence-electron chi connectivity index (χ2n) is 5.14. The Balaban J connectivity index is 1.95. The van der Waals surface area contributed by atoms with Crippen molar-refractivity contribution in [2.24, 2.45) is 0 Å². The molecule has 0 atom stereocenters. The highest BCUT2D eigenvalue weighted by Gasteiger charge is 2.09. The van der Waals surface area contributed by atoms with Gasteiger partial charge in [-0.1, -0.05) is 48.4 Å². The molecule has 0 unspecified atom stereocenters. The number of benzene rings is 3. The van der Waals surface area contributed by atoms with E-state index in [1.807, 2.05) is 54.6 Å². The predicted molar refractivity (Wildman–Crippen MR) is 90.5 cm³/mol. The first-order valence-corrected chi connectivity index (χ1v) is 7.29. The standard InChI is InChI=1S/C21H15FO/c1-2-16-11-12-21(23-15-17-7-4-3-5-8-17)20(13-16)18-9-6-10-19(22)14-18/h1,3-14H,15H2. The molecule has 0 amide bonds. The molecule has 0 heterocycles. The van der Waals surface area contributed by atoms with Gasteiger partial charge in [0.2, 0.25) is 0 Å². The average molecular weight is 302 g/mol. The van der Waals surface area contributed by atoms with E-state index in [2.05, 4.69) is 5.92 Å². The molecule has 0 N–H and O–H groups in total. The first kappa shape index (κ1) is 14.9. The minimum Gasteiger partial charge on any atom is -0.488 e. The van der Waals surface area contributed by atoms with Crippen molar-refractivity contribution in [1.82, 2.24) is 0 Å². The summed E-state index contributed by atoms with van der Waals surface area (Å²) in [7, 11) is 0. The lowest BCUT2D eigenvalue weighted by Crippen LogP contribution is -1.97. The first-order valence-electron chi connectivity index (χ1n) is 7.29. The van der Waals surface area contributed by atoms with Gasteiger partial charge in [0.1, 0.15) is 18.2 Å². The number of ether oxygens (including phenoxy) is 1. The highest BCUT2D eigenvalue weighted by atomic mass is 19.1. The van der Waals surface area contributed by atoms with Gasteiger partial charge in [0, 0.05) is 11.1 Å². The zero-order valence-corrected chi connectivity index (χ0v) is 12.5. The predicted octanol–water partition coefficient (Wildman–Crippen LogP) is 5.05. The summed E-state index contributed by atoms with van der Waals surface area (Å²) < 4.78 is 19.5. The minimum atomic E-state index is -0.289. The van der Waals surface area contributed by atoms with Crippen molar-refractivity contribution >= 4 is 0 Å². The van der Waals surface area contributed by atoms with Crippen LogP contribution in [-0.2, 0) is 6.61 Å². The van der Waals surface area contributed by atoms with Crippen molar-refractivity contribution in [3.05, 3.63) is 89.7 Å². The highest BCUT2D eigenvalue weighted by molar-refractivity contribution is 5.72. The molecule has 3 aromatic rings. The zero-order valence-electron chi connectivity index (χ0n) is 12.5. The number of hydrogen-bond donors (Lipinski definition) is 0. The van der Waals surface area contributed by atoms with Crippen molar-refractivity contribution in [3.63, 3.8) is 0 Å². The van der Waals surface area contributed by atoms with E-state index in [-0.39, 0.29) is 5.82 Å². The van der Waals surface area contributed by atoms with Crippen LogP contribution in [0.15, 0.2) is 72.8 Å². The smallest absolute Gasteiger partial charge is 0.127 e. The fourth-order valence-corrected chi connectivity index (χ4v) is 2.36. The topological polar surface area (TPSA) is 9.23 Å². The van der Waals surface area contributed by atoms with Gasteiger partial charge in [-0.25, -0.2) is 4.39 Å². The van der Waals surface area contributed by atoms with E-state index in [0.717, 1.165) is 22.3 Å². The molecule has 23 heavy (non-hydrogen) atoms. The Labute approximate surface area is 135 Å². The van der Waals surface area contributed by atoms with Gasteiger partial charge in [-0.05, 0) is 41.5 Å². The fourth-order valence-electron chi connectivity index (χ4n) is 2.36. The second kappa shape index (κ2) is 6.81. The third-order valence-corrected chi connectivity index (χ3v) is 3.52. The van der Waals surface area contributed by atoms with Crippen molar-refractivity contribution < 1.29 is 9.13 Å². The molecule has 3 aromatic carbocycles. The van der Waals surface area contributed by atoms with E-state index in [1.54, 1.807) is 6.07 Å². The van der Waals surface area contributed by atoms with Crippen LogP contribution in [0.3, 0.4) is 0 Å². The summed E-state index contributed by atoms with van der Waals surface area (Å²) >= 11 is 0. The van der Waals surface area contributed by atoms with Gasteiger partial charge < -0.3 is 4.74 Å². The Morgan fingerprint density at radius 1 is 0.913 bits per heavy atom. The Kier molecular flexibility index (Phi) is 4.40. The molecule has 0 saturated carbocycles. The quantitative estimate of drug-likeness (QED) is 0.613. The van der Waals surface area contributed by atoms with E-state index in [0.29, 0.717) is 12.4 Å². The minimum absolute atomic E-state index is 0.289. The van der Waals surface area contributed by atoms with E-state index in [1.165, 1.54) is 12.1 Å². The molecule has 0 aromatic heterocycles. The molecule has 3 rings (SSSR count). The van der Waals surface area contributed by atoms with Gasteiger partial charge >= 0.3 is 0 Å². The van der Waals surface area contributed by atoms with Gasteiger partial charge in [0.25, 0.3) is 0 Å². The monoisotopic (exact) mass is 302 g/mol. The van der Waals surface area contributed by atoms with Crippen molar-refractivity contribution in [2.45, 2.75) is 6.61 Å². The number of halogens is 1. The Morgan fingerprint density at radius 2 is 1.74 bits per heavy atom. The molecular formula is C21H15FO. The summed E-state index contributed by atoms with van der Waals surface area (Å²) in [6, 6.07) is 21.8. The van der Waals surface area contributed by atoms with Crippen LogP contribution in [-0.4, -0.2) is 0 Å². The summed E-state index contributed by atoms with van der Waals surface area (Å²) in [5.41, 5.74) is 3.33. The van der Waals surface area contributed by atoms with Gasteiger partial charge in [-0.3, -0.25) is 0 Å². The van der Waals surface area contributed by atoms with Gasteiger partial charge in [-0.15, -0.1) is 6.42 Å². The lowest BCUT2D eigenvalue weighted by Gasteiger charge is -2.13. The van der Waals surface area contributed by atoms with Crippen molar-refractivity contribution in [1.29, 1.82) is 0 Å². The SMILES string of the molecule is C#Cc1ccc(OCc2ccccc2)c(-c2cccc(F)c2)c1. The van der Waals surface area contributed by atoms with Gasteiger partial charge in [0.15, 0.2) is 0 Å². The fraction of sp³-hybridized carbons (Fsp3) is 0.0476. The van der Waals surface area contributed by atoms with Crippen LogP contribution in [0.1, 0.15) is 11.1 Å². The summed E-state index contributed by atoms with van der Waals surface area (Å²) in [4.78, 5) is 0. The van der Waals surface area contributed by atoms with E-state index < -0.39 is 0 Å². The number of hydrogen-bond acceptors (Lipinski definition) is 1. The molecule has 0 aliphatic heterocycles. The van der Waals surface area contributed by atoms with E-state index in [4.69, 9.17) is 11.2 Å². The third-order valence-electron chi connectivity index (χ3n) is 3.52. The zero-order chi connectivity index (χ0) is 16.1. The number of terminal acetylenes is 1. The summed E-state index contributed by atoms with van der Waals surface area (Å²) in [5, 5.41) is 0. The molecular weight excluding hydrogens is 287 g/mol. The molecule has 0 spiro atoms. The Bertz CT molecular complexity index is 847. The molecule has 0 saturated heterocycles. The largest absolute Gasteiger partial charge is 0.488 e. The maximum absolute atomic E-state index is 13.5. The van der Waals surface area contributed by atoms with E-state index >= 15 is 0 Å². The van der Waals surface area contributed by atoms with Crippen LogP contribution >= 0.6 is 0 Å². The maximum atomic E-state index is 13.5. The maximum Gasteiger partial charge on any atom is 0.127 e. The second-order valence-corrected chi connectivity index (χ2v) is 5.14.